The molecule has 1 fully saturated rings. The molecule has 0 aromatic carbocycles. The minimum atomic E-state index is -0.0769. The van der Waals surface area contributed by atoms with Gasteiger partial charge in [-0.1, -0.05) is 6.92 Å². The van der Waals surface area contributed by atoms with E-state index in [0.717, 1.165) is 18.8 Å². The van der Waals surface area contributed by atoms with Crippen molar-refractivity contribution in [1.29, 1.82) is 0 Å². The predicted octanol–water partition coefficient (Wildman–Crippen LogP) is 0.990. The van der Waals surface area contributed by atoms with E-state index < -0.39 is 0 Å². The molecule has 0 saturated carbocycles. The maximum atomic E-state index is 11.5. The van der Waals surface area contributed by atoms with Crippen molar-refractivity contribution < 1.29 is 4.74 Å². The van der Waals surface area contributed by atoms with Crippen LogP contribution in [0.15, 0.2) is 11.1 Å². The van der Waals surface area contributed by atoms with E-state index in [2.05, 4.69) is 21.8 Å². The number of aromatic amines is 1. The van der Waals surface area contributed by atoms with E-state index in [0.29, 0.717) is 22.8 Å². The van der Waals surface area contributed by atoms with Gasteiger partial charge in [0.15, 0.2) is 0 Å². The molecule has 2 rings (SSSR count). The number of aromatic nitrogens is 2. The third-order valence-electron chi connectivity index (χ3n) is 2.75. The van der Waals surface area contributed by atoms with Crippen molar-refractivity contribution >= 4 is 28.4 Å². The summed E-state index contributed by atoms with van der Waals surface area (Å²) in [6.07, 6.45) is 2.45. The van der Waals surface area contributed by atoms with Crippen molar-refractivity contribution in [2.75, 3.05) is 24.7 Å². The van der Waals surface area contributed by atoms with Crippen LogP contribution in [0.25, 0.3) is 0 Å². The van der Waals surface area contributed by atoms with E-state index in [1.807, 2.05) is 22.6 Å². The fourth-order valence-corrected chi connectivity index (χ4v) is 2.45. The van der Waals surface area contributed by atoms with Crippen LogP contribution >= 0.6 is 22.6 Å². The van der Waals surface area contributed by atoms with Crippen LogP contribution in [0.3, 0.4) is 0 Å². The Morgan fingerprint density at radius 1 is 1.75 bits per heavy atom. The van der Waals surface area contributed by atoms with Gasteiger partial charge in [0.25, 0.3) is 5.56 Å². The summed E-state index contributed by atoms with van der Waals surface area (Å²) in [7, 11) is 0. The molecule has 0 bridgehead atoms. The standard InChI is InChI=1S/C10H14IN3O2/c1-2-7-5-16-4-3-14(7)9-8(11)10(15)13-6-12-9/h6-7H,2-5H2,1H3,(H,12,13,15). The Morgan fingerprint density at radius 2 is 2.56 bits per heavy atom. The quantitative estimate of drug-likeness (QED) is 0.819. The molecule has 0 aliphatic carbocycles. The van der Waals surface area contributed by atoms with Gasteiger partial charge >= 0.3 is 0 Å². The Hall–Kier alpha value is -0.630. The SMILES string of the molecule is CCC1COCCN1c1nc[nH]c(=O)c1I. The van der Waals surface area contributed by atoms with Crippen LogP contribution in [-0.4, -0.2) is 35.8 Å². The van der Waals surface area contributed by atoms with Crippen molar-refractivity contribution in [3.8, 4) is 0 Å². The third-order valence-corrected chi connectivity index (χ3v) is 3.72. The van der Waals surface area contributed by atoms with Gasteiger partial charge in [-0.3, -0.25) is 4.79 Å². The number of ether oxygens (including phenoxy) is 1. The smallest absolute Gasteiger partial charge is 0.266 e. The van der Waals surface area contributed by atoms with E-state index in [-0.39, 0.29) is 5.56 Å². The molecule has 88 valence electrons. The van der Waals surface area contributed by atoms with Gasteiger partial charge in [0, 0.05) is 6.54 Å². The highest BCUT2D eigenvalue weighted by atomic mass is 127. The highest BCUT2D eigenvalue weighted by Gasteiger charge is 2.24. The Balaban J connectivity index is 2.34. The molecule has 0 amide bonds. The van der Waals surface area contributed by atoms with Crippen molar-refractivity contribution in [2.24, 2.45) is 0 Å². The van der Waals surface area contributed by atoms with E-state index in [1.54, 1.807) is 0 Å². The van der Waals surface area contributed by atoms with Crippen LogP contribution in [-0.2, 0) is 4.74 Å². The lowest BCUT2D eigenvalue weighted by Gasteiger charge is -2.36. The molecule has 0 radical (unpaired) electrons. The maximum absolute atomic E-state index is 11.5. The van der Waals surface area contributed by atoms with Gasteiger partial charge in [0.05, 0.1) is 25.6 Å². The molecule has 1 aliphatic rings. The first kappa shape index (κ1) is 11.8. The number of anilines is 1. The molecule has 16 heavy (non-hydrogen) atoms. The number of rotatable bonds is 2. The molecule has 1 aromatic rings. The molecular formula is C10H14IN3O2. The zero-order chi connectivity index (χ0) is 11.5. The highest BCUT2D eigenvalue weighted by Crippen LogP contribution is 2.21. The Kier molecular flexibility index (Phi) is 3.80. The van der Waals surface area contributed by atoms with E-state index in [1.165, 1.54) is 6.33 Å². The molecule has 5 nitrogen and oxygen atoms in total. The summed E-state index contributed by atoms with van der Waals surface area (Å²) in [5.74, 6) is 0.777. The lowest BCUT2D eigenvalue weighted by Crippen LogP contribution is -2.46. The largest absolute Gasteiger partial charge is 0.377 e. The molecule has 1 atom stereocenters. The molecule has 1 aromatic heterocycles. The molecular weight excluding hydrogens is 321 g/mol. The first-order valence-corrected chi connectivity index (χ1v) is 6.39. The number of hydrogen-bond donors (Lipinski definition) is 1. The minimum Gasteiger partial charge on any atom is -0.377 e. The highest BCUT2D eigenvalue weighted by molar-refractivity contribution is 14.1. The first-order chi connectivity index (χ1) is 7.74. The minimum absolute atomic E-state index is 0.0769. The molecule has 1 saturated heterocycles. The Bertz CT molecular complexity index is 421. The summed E-state index contributed by atoms with van der Waals surface area (Å²) < 4.78 is 6.09. The lowest BCUT2D eigenvalue weighted by atomic mass is 10.2. The van der Waals surface area contributed by atoms with Crippen LogP contribution in [0.1, 0.15) is 13.3 Å². The van der Waals surface area contributed by atoms with Gasteiger partial charge < -0.3 is 14.6 Å². The van der Waals surface area contributed by atoms with Crippen LogP contribution < -0.4 is 10.5 Å². The van der Waals surface area contributed by atoms with Gasteiger partial charge in [0.1, 0.15) is 9.39 Å². The zero-order valence-corrected chi connectivity index (χ0v) is 11.2. The van der Waals surface area contributed by atoms with Gasteiger partial charge in [-0.05, 0) is 29.0 Å². The topological polar surface area (TPSA) is 58.2 Å². The Labute approximate surface area is 107 Å². The van der Waals surface area contributed by atoms with Gasteiger partial charge in [-0.25, -0.2) is 4.98 Å². The number of nitrogens with one attached hydrogen (secondary N) is 1. The average Bonchev–Trinajstić information content (AvgIpc) is 2.33. The summed E-state index contributed by atoms with van der Waals surface area (Å²) in [5.41, 5.74) is -0.0769. The third kappa shape index (κ3) is 2.22. The second-order valence-corrected chi connectivity index (χ2v) is 4.78. The van der Waals surface area contributed by atoms with Gasteiger partial charge in [0.2, 0.25) is 0 Å². The second-order valence-electron chi connectivity index (χ2n) is 3.70. The lowest BCUT2D eigenvalue weighted by molar-refractivity contribution is 0.0924. The van der Waals surface area contributed by atoms with Crippen molar-refractivity contribution in [3.63, 3.8) is 0 Å². The van der Waals surface area contributed by atoms with Crippen LogP contribution in [0.2, 0.25) is 0 Å². The average molecular weight is 335 g/mol. The predicted molar refractivity (Wildman–Crippen MR) is 69.8 cm³/mol. The number of halogens is 1. The molecule has 1 N–H and O–H groups in total. The van der Waals surface area contributed by atoms with Crippen LogP contribution in [0.5, 0.6) is 0 Å². The summed E-state index contributed by atoms with van der Waals surface area (Å²) in [5, 5.41) is 0. The van der Waals surface area contributed by atoms with Crippen molar-refractivity contribution in [1.82, 2.24) is 9.97 Å². The maximum Gasteiger partial charge on any atom is 0.266 e. The van der Waals surface area contributed by atoms with Crippen molar-refractivity contribution in [3.05, 3.63) is 20.3 Å². The van der Waals surface area contributed by atoms with E-state index >= 15 is 0 Å². The summed E-state index contributed by atoms with van der Waals surface area (Å²) >= 11 is 2.04. The normalized spacial score (nSPS) is 21.1. The van der Waals surface area contributed by atoms with Crippen LogP contribution in [0.4, 0.5) is 5.82 Å². The number of hydrogen-bond acceptors (Lipinski definition) is 4. The molecule has 6 heteroatoms. The fourth-order valence-electron chi connectivity index (χ4n) is 1.85. The van der Waals surface area contributed by atoms with Gasteiger partial charge in [-0.2, -0.15) is 0 Å². The molecule has 2 heterocycles. The monoisotopic (exact) mass is 335 g/mol. The summed E-state index contributed by atoms with van der Waals surface area (Å²) in [6, 6.07) is 0.316. The number of H-pyrrole nitrogens is 1. The van der Waals surface area contributed by atoms with E-state index in [9.17, 15) is 4.79 Å². The second kappa shape index (κ2) is 5.13. The fraction of sp³-hybridized carbons (Fsp3) is 0.600. The summed E-state index contributed by atoms with van der Waals surface area (Å²) in [6.45, 7) is 4.32. The van der Waals surface area contributed by atoms with Crippen molar-refractivity contribution in [2.45, 2.75) is 19.4 Å². The number of nitrogens with zero attached hydrogens (tertiary/aromatic N) is 2. The zero-order valence-electron chi connectivity index (χ0n) is 9.07. The van der Waals surface area contributed by atoms with E-state index in [4.69, 9.17) is 4.74 Å². The summed E-state index contributed by atoms with van der Waals surface area (Å²) in [4.78, 5) is 20.5. The molecule has 1 aliphatic heterocycles. The Morgan fingerprint density at radius 3 is 3.31 bits per heavy atom. The molecule has 0 spiro atoms. The molecule has 1 unspecified atom stereocenters. The van der Waals surface area contributed by atoms with Gasteiger partial charge in [-0.15, -0.1) is 0 Å². The number of morpholine rings is 1. The van der Waals surface area contributed by atoms with Crippen LogP contribution in [0, 0.1) is 3.57 Å². The first-order valence-electron chi connectivity index (χ1n) is 5.31.